The van der Waals surface area contributed by atoms with Crippen molar-refractivity contribution in [3.63, 3.8) is 0 Å². The predicted octanol–water partition coefficient (Wildman–Crippen LogP) is 3.60. The Labute approximate surface area is 126 Å². The SMILES string of the molecule is Oc1ccccc1CNc1ccccc1CN1CCCC1. The second-order valence-electron chi connectivity index (χ2n) is 5.62. The molecule has 0 amide bonds. The number of nitrogens with zero attached hydrogens (tertiary/aromatic N) is 1. The van der Waals surface area contributed by atoms with Gasteiger partial charge in [-0.25, -0.2) is 0 Å². The van der Waals surface area contributed by atoms with Gasteiger partial charge in [-0.2, -0.15) is 0 Å². The maximum Gasteiger partial charge on any atom is 0.120 e. The summed E-state index contributed by atoms with van der Waals surface area (Å²) >= 11 is 0. The Hall–Kier alpha value is -2.00. The van der Waals surface area contributed by atoms with E-state index in [9.17, 15) is 5.11 Å². The van der Waals surface area contributed by atoms with Crippen LogP contribution in [0.3, 0.4) is 0 Å². The summed E-state index contributed by atoms with van der Waals surface area (Å²) in [7, 11) is 0. The topological polar surface area (TPSA) is 35.5 Å². The number of phenolic OH excluding ortho intramolecular Hbond substituents is 1. The lowest BCUT2D eigenvalue weighted by atomic mass is 10.1. The largest absolute Gasteiger partial charge is 0.508 e. The highest BCUT2D eigenvalue weighted by molar-refractivity contribution is 5.52. The minimum Gasteiger partial charge on any atom is -0.508 e. The number of anilines is 1. The number of likely N-dealkylation sites (tertiary alicyclic amines) is 1. The van der Waals surface area contributed by atoms with Crippen LogP contribution in [0.15, 0.2) is 48.5 Å². The minimum atomic E-state index is 0.349. The van der Waals surface area contributed by atoms with E-state index in [1.165, 1.54) is 31.5 Å². The predicted molar refractivity (Wildman–Crippen MR) is 86.4 cm³/mol. The molecule has 1 fully saturated rings. The smallest absolute Gasteiger partial charge is 0.120 e. The molecular formula is C18H22N2O. The molecule has 3 nitrogen and oxygen atoms in total. The summed E-state index contributed by atoms with van der Waals surface area (Å²) in [6, 6.07) is 15.9. The van der Waals surface area contributed by atoms with Crippen molar-refractivity contribution in [2.75, 3.05) is 18.4 Å². The van der Waals surface area contributed by atoms with Crippen molar-refractivity contribution in [1.29, 1.82) is 0 Å². The highest BCUT2D eigenvalue weighted by atomic mass is 16.3. The molecule has 2 aromatic carbocycles. The van der Waals surface area contributed by atoms with Gasteiger partial charge in [0.1, 0.15) is 5.75 Å². The number of hydrogen-bond donors (Lipinski definition) is 2. The summed E-state index contributed by atoms with van der Waals surface area (Å²) in [4.78, 5) is 2.50. The molecule has 0 bridgehead atoms. The average Bonchev–Trinajstić information content (AvgIpc) is 3.01. The van der Waals surface area contributed by atoms with E-state index >= 15 is 0 Å². The normalized spacial score (nSPS) is 15.2. The van der Waals surface area contributed by atoms with Crippen LogP contribution in [0.4, 0.5) is 5.69 Å². The maximum atomic E-state index is 9.84. The second kappa shape index (κ2) is 6.64. The highest BCUT2D eigenvalue weighted by Gasteiger charge is 2.13. The molecule has 0 aliphatic carbocycles. The molecule has 1 saturated heterocycles. The van der Waals surface area contributed by atoms with E-state index in [4.69, 9.17) is 0 Å². The third-order valence-corrected chi connectivity index (χ3v) is 4.07. The molecule has 3 heteroatoms. The van der Waals surface area contributed by atoms with Crippen LogP contribution in [0.5, 0.6) is 5.75 Å². The molecule has 1 aliphatic rings. The molecule has 0 saturated carbocycles. The van der Waals surface area contributed by atoms with Crippen LogP contribution in [0.1, 0.15) is 24.0 Å². The van der Waals surface area contributed by atoms with Crippen LogP contribution < -0.4 is 5.32 Å². The fourth-order valence-electron chi connectivity index (χ4n) is 2.86. The van der Waals surface area contributed by atoms with E-state index in [-0.39, 0.29) is 0 Å². The Balaban J connectivity index is 1.68. The van der Waals surface area contributed by atoms with Crippen LogP contribution in [0, 0.1) is 0 Å². The van der Waals surface area contributed by atoms with Gasteiger partial charge in [-0.05, 0) is 43.6 Å². The van der Waals surface area contributed by atoms with Crippen molar-refractivity contribution >= 4 is 5.69 Å². The molecule has 2 aromatic rings. The van der Waals surface area contributed by atoms with Crippen LogP contribution in [-0.2, 0) is 13.1 Å². The third-order valence-electron chi connectivity index (χ3n) is 4.07. The van der Waals surface area contributed by atoms with E-state index in [0.717, 1.165) is 17.8 Å². The average molecular weight is 282 g/mol. The molecule has 1 aliphatic heterocycles. The minimum absolute atomic E-state index is 0.349. The molecule has 0 unspecified atom stereocenters. The Morgan fingerprint density at radius 2 is 1.57 bits per heavy atom. The van der Waals surface area contributed by atoms with E-state index in [2.05, 4.69) is 34.5 Å². The van der Waals surface area contributed by atoms with Gasteiger partial charge < -0.3 is 10.4 Å². The van der Waals surface area contributed by atoms with Gasteiger partial charge in [0.05, 0.1) is 0 Å². The Morgan fingerprint density at radius 3 is 2.33 bits per heavy atom. The molecule has 0 aromatic heterocycles. The number of para-hydroxylation sites is 2. The molecular weight excluding hydrogens is 260 g/mol. The fraction of sp³-hybridized carbons (Fsp3) is 0.333. The lowest BCUT2D eigenvalue weighted by Gasteiger charge is -2.18. The summed E-state index contributed by atoms with van der Waals surface area (Å²) in [5.41, 5.74) is 3.41. The van der Waals surface area contributed by atoms with Crippen molar-refractivity contribution in [3.05, 3.63) is 59.7 Å². The standard InChI is InChI=1S/C18H22N2O/c21-18-10-4-2-7-15(18)13-19-17-9-3-1-8-16(17)14-20-11-5-6-12-20/h1-4,7-10,19,21H,5-6,11-14H2. The molecule has 2 N–H and O–H groups in total. The Kier molecular flexibility index (Phi) is 4.41. The summed E-state index contributed by atoms with van der Waals surface area (Å²) in [6.45, 7) is 4.05. The highest BCUT2D eigenvalue weighted by Crippen LogP contribution is 2.22. The van der Waals surface area contributed by atoms with Crippen LogP contribution >= 0.6 is 0 Å². The first kappa shape index (κ1) is 14.0. The monoisotopic (exact) mass is 282 g/mol. The molecule has 0 spiro atoms. The number of nitrogens with one attached hydrogen (secondary N) is 1. The number of benzene rings is 2. The number of aromatic hydroxyl groups is 1. The van der Waals surface area contributed by atoms with Crippen LogP contribution in [0.25, 0.3) is 0 Å². The van der Waals surface area contributed by atoms with Crippen LogP contribution in [0.2, 0.25) is 0 Å². The number of phenols is 1. The van der Waals surface area contributed by atoms with Crippen molar-refractivity contribution in [2.24, 2.45) is 0 Å². The van der Waals surface area contributed by atoms with E-state index in [1.807, 2.05) is 18.2 Å². The van der Waals surface area contributed by atoms with Crippen molar-refractivity contribution in [3.8, 4) is 5.75 Å². The summed E-state index contributed by atoms with van der Waals surface area (Å²) in [5.74, 6) is 0.349. The molecule has 3 rings (SSSR count). The number of hydrogen-bond acceptors (Lipinski definition) is 3. The first-order chi connectivity index (χ1) is 10.3. The van der Waals surface area contributed by atoms with Gasteiger partial charge >= 0.3 is 0 Å². The van der Waals surface area contributed by atoms with Gasteiger partial charge in [-0.15, -0.1) is 0 Å². The molecule has 0 atom stereocenters. The first-order valence-corrected chi connectivity index (χ1v) is 7.64. The van der Waals surface area contributed by atoms with Gasteiger partial charge in [-0.1, -0.05) is 36.4 Å². The first-order valence-electron chi connectivity index (χ1n) is 7.64. The van der Waals surface area contributed by atoms with Gasteiger partial charge in [0, 0.05) is 24.3 Å². The van der Waals surface area contributed by atoms with Gasteiger partial charge in [-0.3, -0.25) is 4.90 Å². The Morgan fingerprint density at radius 1 is 0.905 bits per heavy atom. The van der Waals surface area contributed by atoms with Crippen molar-refractivity contribution in [1.82, 2.24) is 4.90 Å². The van der Waals surface area contributed by atoms with Gasteiger partial charge in [0.15, 0.2) is 0 Å². The van der Waals surface area contributed by atoms with Crippen LogP contribution in [-0.4, -0.2) is 23.1 Å². The van der Waals surface area contributed by atoms with E-state index in [1.54, 1.807) is 6.07 Å². The van der Waals surface area contributed by atoms with Gasteiger partial charge in [0.25, 0.3) is 0 Å². The van der Waals surface area contributed by atoms with Crippen molar-refractivity contribution in [2.45, 2.75) is 25.9 Å². The molecule has 110 valence electrons. The fourth-order valence-corrected chi connectivity index (χ4v) is 2.86. The molecule has 1 heterocycles. The van der Waals surface area contributed by atoms with Gasteiger partial charge in [0.2, 0.25) is 0 Å². The summed E-state index contributed by atoms with van der Waals surface area (Å²) in [5, 5.41) is 13.3. The summed E-state index contributed by atoms with van der Waals surface area (Å²) in [6.07, 6.45) is 2.63. The zero-order valence-electron chi connectivity index (χ0n) is 12.3. The lowest BCUT2D eigenvalue weighted by molar-refractivity contribution is 0.332. The molecule has 21 heavy (non-hydrogen) atoms. The second-order valence-corrected chi connectivity index (χ2v) is 5.62. The lowest BCUT2D eigenvalue weighted by Crippen LogP contribution is -2.19. The Bertz CT molecular complexity index is 591. The number of rotatable bonds is 5. The summed E-state index contributed by atoms with van der Waals surface area (Å²) < 4.78 is 0. The maximum absolute atomic E-state index is 9.84. The van der Waals surface area contributed by atoms with E-state index in [0.29, 0.717) is 12.3 Å². The van der Waals surface area contributed by atoms with E-state index < -0.39 is 0 Å². The third kappa shape index (κ3) is 3.56. The van der Waals surface area contributed by atoms with Crippen molar-refractivity contribution < 1.29 is 5.11 Å². The zero-order valence-corrected chi connectivity index (χ0v) is 12.3. The zero-order chi connectivity index (χ0) is 14.5. The molecule has 0 radical (unpaired) electrons. The quantitative estimate of drug-likeness (QED) is 0.879.